The van der Waals surface area contributed by atoms with Crippen LogP contribution in [0.4, 0.5) is 4.39 Å². The molecule has 38 heavy (non-hydrogen) atoms. The Hall–Kier alpha value is -4.34. The summed E-state index contributed by atoms with van der Waals surface area (Å²) in [4.78, 5) is 43.6. The number of hydrogen-bond acceptors (Lipinski definition) is 5. The Morgan fingerprint density at radius 1 is 1.11 bits per heavy atom. The summed E-state index contributed by atoms with van der Waals surface area (Å²) in [7, 11) is 3.26. The molecule has 0 aliphatic carbocycles. The fourth-order valence-electron chi connectivity index (χ4n) is 4.90. The summed E-state index contributed by atoms with van der Waals surface area (Å²) >= 11 is 0. The molecule has 196 valence electrons. The maximum absolute atomic E-state index is 14.2. The number of fused-ring (bicyclic) bond motifs is 2. The van der Waals surface area contributed by atoms with Crippen molar-refractivity contribution in [2.75, 3.05) is 0 Å². The highest BCUT2D eigenvalue weighted by Crippen LogP contribution is 2.30. The molecule has 0 bridgehead atoms. The number of aromatic nitrogens is 6. The molecule has 0 aliphatic heterocycles. The number of benzene rings is 1. The maximum Gasteiger partial charge on any atom is 0.332 e. The average Bonchev–Trinajstić information content (AvgIpc) is 3.45. The smallest absolute Gasteiger partial charge is 0.332 e. The highest BCUT2D eigenvalue weighted by atomic mass is 19.1. The predicted molar refractivity (Wildman–Crippen MR) is 144 cm³/mol. The summed E-state index contributed by atoms with van der Waals surface area (Å²) in [5, 5.41) is 5.71. The van der Waals surface area contributed by atoms with Gasteiger partial charge in [0.1, 0.15) is 16.9 Å². The fraction of sp³-hybridized carbons (Fsp3) is 0.321. The topological polar surface area (TPSA) is 96.7 Å². The van der Waals surface area contributed by atoms with Crippen molar-refractivity contribution >= 4 is 27.7 Å². The third kappa shape index (κ3) is 4.15. The molecule has 0 aliphatic rings. The molecule has 0 spiro atoms. The van der Waals surface area contributed by atoms with Crippen LogP contribution in [-0.4, -0.2) is 34.2 Å². The van der Waals surface area contributed by atoms with E-state index in [-0.39, 0.29) is 35.1 Å². The number of halogens is 1. The molecule has 1 aromatic carbocycles. The quantitative estimate of drug-likeness (QED) is 0.306. The van der Waals surface area contributed by atoms with E-state index >= 15 is 0 Å². The summed E-state index contributed by atoms with van der Waals surface area (Å²) in [6.07, 6.45) is 3.72. The van der Waals surface area contributed by atoms with Gasteiger partial charge in [-0.15, -0.1) is 0 Å². The number of nitrogens with zero attached hydrogens (tertiary/aromatic N) is 6. The molecule has 0 saturated carbocycles. The van der Waals surface area contributed by atoms with Crippen LogP contribution >= 0.6 is 0 Å². The van der Waals surface area contributed by atoms with Crippen LogP contribution in [0.1, 0.15) is 43.1 Å². The van der Waals surface area contributed by atoms with Gasteiger partial charge in [-0.2, -0.15) is 5.10 Å². The summed E-state index contributed by atoms with van der Waals surface area (Å²) in [5.74, 6) is -0.289. The number of ketones is 1. The molecule has 9 nitrogen and oxygen atoms in total. The van der Waals surface area contributed by atoms with Gasteiger partial charge in [0.2, 0.25) is 0 Å². The third-order valence-electron chi connectivity index (χ3n) is 6.78. The van der Waals surface area contributed by atoms with E-state index in [0.29, 0.717) is 40.8 Å². The highest BCUT2D eigenvalue weighted by molar-refractivity contribution is 5.98. The van der Waals surface area contributed by atoms with Crippen LogP contribution < -0.4 is 11.2 Å². The van der Waals surface area contributed by atoms with Crippen LogP contribution in [0.2, 0.25) is 0 Å². The van der Waals surface area contributed by atoms with Gasteiger partial charge in [-0.05, 0) is 41.8 Å². The Balaban J connectivity index is 1.86. The summed E-state index contributed by atoms with van der Waals surface area (Å²) in [6, 6.07) is 7.94. The Bertz CT molecular complexity index is 1840. The SMILES string of the molecule is CCC(=O)c1cc(-c2c3c(=O)n(C)c(=O)n(CC(C)C)c3nn2Cc2ccnc3ccc(F)cc23)n(C)c1. The van der Waals surface area contributed by atoms with Crippen LogP contribution in [0.25, 0.3) is 33.3 Å². The minimum Gasteiger partial charge on any atom is -0.349 e. The minimum atomic E-state index is -0.471. The lowest BCUT2D eigenvalue weighted by atomic mass is 10.1. The molecule has 5 rings (SSSR count). The molecule has 0 atom stereocenters. The average molecular weight is 517 g/mol. The first-order valence-corrected chi connectivity index (χ1v) is 12.5. The summed E-state index contributed by atoms with van der Waals surface area (Å²) in [5.41, 5.74) is 2.35. The predicted octanol–water partition coefficient (Wildman–Crippen LogP) is 3.89. The van der Waals surface area contributed by atoms with E-state index in [1.165, 1.54) is 23.7 Å². The molecule has 4 aromatic heterocycles. The lowest BCUT2D eigenvalue weighted by molar-refractivity contribution is 0.0988. The fourth-order valence-corrected chi connectivity index (χ4v) is 4.90. The van der Waals surface area contributed by atoms with E-state index in [0.717, 1.165) is 10.1 Å². The zero-order valence-corrected chi connectivity index (χ0v) is 22.0. The van der Waals surface area contributed by atoms with Crippen molar-refractivity contribution in [1.29, 1.82) is 0 Å². The molecule has 5 aromatic rings. The van der Waals surface area contributed by atoms with Gasteiger partial charge in [-0.25, -0.2) is 9.18 Å². The second kappa shape index (κ2) is 9.51. The van der Waals surface area contributed by atoms with Gasteiger partial charge in [0.05, 0.1) is 17.8 Å². The van der Waals surface area contributed by atoms with E-state index in [4.69, 9.17) is 5.10 Å². The van der Waals surface area contributed by atoms with E-state index < -0.39 is 11.2 Å². The van der Waals surface area contributed by atoms with Crippen molar-refractivity contribution in [3.8, 4) is 11.4 Å². The number of carbonyl (C=O) groups excluding carboxylic acids is 1. The number of Topliss-reactive ketones (excluding diaryl/α,β-unsaturated/α-hetero) is 1. The number of carbonyl (C=O) groups is 1. The number of aryl methyl sites for hydroxylation is 1. The number of rotatable bonds is 7. The second-order valence-electron chi connectivity index (χ2n) is 9.99. The Morgan fingerprint density at radius 2 is 1.87 bits per heavy atom. The molecule has 0 unspecified atom stereocenters. The van der Waals surface area contributed by atoms with Crippen molar-refractivity contribution in [3.63, 3.8) is 0 Å². The van der Waals surface area contributed by atoms with E-state index in [9.17, 15) is 18.8 Å². The number of hydrogen-bond donors (Lipinski definition) is 0. The van der Waals surface area contributed by atoms with Gasteiger partial charge in [0.15, 0.2) is 11.4 Å². The van der Waals surface area contributed by atoms with Gasteiger partial charge in [0.25, 0.3) is 5.56 Å². The second-order valence-corrected chi connectivity index (χ2v) is 9.99. The van der Waals surface area contributed by atoms with Crippen LogP contribution in [-0.2, 0) is 27.2 Å². The van der Waals surface area contributed by atoms with Gasteiger partial charge in [-0.3, -0.25) is 28.4 Å². The van der Waals surface area contributed by atoms with Gasteiger partial charge < -0.3 is 4.57 Å². The molecular weight excluding hydrogens is 487 g/mol. The molecule has 4 heterocycles. The van der Waals surface area contributed by atoms with Gasteiger partial charge in [-0.1, -0.05) is 20.8 Å². The van der Waals surface area contributed by atoms with Crippen LogP contribution in [0.15, 0.2) is 52.3 Å². The molecule has 0 fully saturated rings. The third-order valence-corrected chi connectivity index (χ3v) is 6.78. The van der Waals surface area contributed by atoms with Gasteiger partial charge in [0, 0.05) is 50.4 Å². The molecule has 10 heteroatoms. The van der Waals surface area contributed by atoms with Gasteiger partial charge >= 0.3 is 5.69 Å². The van der Waals surface area contributed by atoms with Crippen LogP contribution in [0, 0.1) is 11.7 Å². The van der Waals surface area contributed by atoms with Crippen molar-refractivity contribution < 1.29 is 9.18 Å². The lowest BCUT2D eigenvalue weighted by Gasteiger charge is -2.11. The zero-order valence-electron chi connectivity index (χ0n) is 22.0. The van der Waals surface area contributed by atoms with Crippen molar-refractivity contribution in [2.24, 2.45) is 20.0 Å². The monoisotopic (exact) mass is 516 g/mol. The summed E-state index contributed by atoms with van der Waals surface area (Å²) in [6.45, 7) is 6.32. The highest BCUT2D eigenvalue weighted by Gasteiger charge is 2.25. The molecule has 0 amide bonds. The van der Waals surface area contributed by atoms with E-state index in [1.807, 2.05) is 13.8 Å². The first-order valence-electron chi connectivity index (χ1n) is 12.5. The Kier molecular flexibility index (Phi) is 6.34. The molecule has 0 radical (unpaired) electrons. The molecule has 0 N–H and O–H groups in total. The van der Waals surface area contributed by atoms with Crippen molar-refractivity contribution in [2.45, 2.75) is 40.3 Å². The first kappa shape index (κ1) is 25.3. The van der Waals surface area contributed by atoms with Crippen molar-refractivity contribution in [3.05, 3.63) is 80.5 Å². The van der Waals surface area contributed by atoms with E-state index in [2.05, 4.69) is 4.98 Å². The molecular formula is C28H29FN6O3. The molecule has 0 saturated heterocycles. The maximum atomic E-state index is 14.2. The Morgan fingerprint density at radius 3 is 2.58 bits per heavy atom. The van der Waals surface area contributed by atoms with Crippen molar-refractivity contribution in [1.82, 2.24) is 28.5 Å². The Labute approximate surface area is 217 Å². The van der Waals surface area contributed by atoms with E-state index in [1.54, 1.807) is 53.8 Å². The van der Waals surface area contributed by atoms with Crippen LogP contribution in [0.5, 0.6) is 0 Å². The largest absolute Gasteiger partial charge is 0.349 e. The summed E-state index contributed by atoms with van der Waals surface area (Å²) < 4.78 is 20.3. The first-order chi connectivity index (χ1) is 18.1. The normalized spacial score (nSPS) is 11.8. The zero-order chi connectivity index (χ0) is 27.3. The van der Waals surface area contributed by atoms with Crippen LogP contribution in [0.3, 0.4) is 0 Å². The standard InChI is InChI=1S/C28H29FN6O3/c1-6-23(36)18-11-22(32(4)14-18)25-24-26(34(13-16(2)3)28(38)33(5)27(24)37)31-35(25)15-17-9-10-30-21-8-7-19(29)12-20(17)21/h7-12,14,16H,6,13,15H2,1-5H3. The minimum absolute atomic E-state index is 0.0255. The number of pyridine rings is 1. The lowest BCUT2D eigenvalue weighted by Crippen LogP contribution is -2.38.